The van der Waals surface area contributed by atoms with Gasteiger partial charge < -0.3 is 5.43 Å². The number of anilines is 1. The van der Waals surface area contributed by atoms with Crippen LogP contribution in [0, 0.1) is 0 Å². The van der Waals surface area contributed by atoms with Crippen molar-refractivity contribution < 1.29 is 0 Å². The van der Waals surface area contributed by atoms with Crippen LogP contribution in [0.5, 0.6) is 0 Å². The first kappa shape index (κ1) is 14.0. The molecule has 0 aromatic carbocycles. The van der Waals surface area contributed by atoms with Gasteiger partial charge in [0, 0.05) is 17.5 Å². The molecule has 2 heterocycles. The molecule has 0 aliphatic carbocycles. The summed E-state index contributed by atoms with van der Waals surface area (Å²) in [6.45, 7) is 3.06. The van der Waals surface area contributed by atoms with Gasteiger partial charge >= 0.3 is 0 Å². The summed E-state index contributed by atoms with van der Waals surface area (Å²) in [5, 5.41) is 2.12. The third-order valence-electron chi connectivity index (χ3n) is 3.20. The molecule has 102 valence electrons. The second-order valence-electron chi connectivity index (χ2n) is 4.71. The van der Waals surface area contributed by atoms with Crippen molar-refractivity contribution in [2.45, 2.75) is 25.9 Å². The van der Waals surface area contributed by atoms with E-state index in [1.165, 1.54) is 4.88 Å². The summed E-state index contributed by atoms with van der Waals surface area (Å²) in [5.41, 5.74) is 3.60. The van der Waals surface area contributed by atoms with E-state index in [-0.39, 0.29) is 0 Å². The number of hydrogen-bond donors (Lipinski definition) is 2. The van der Waals surface area contributed by atoms with Gasteiger partial charge in [0.05, 0.1) is 5.69 Å². The first-order valence-electron chi connectivity index (χ1n) is 6.34. The van der Waals surface area contributed by atoms with Crippen molar-refractivity contribution in [2.24, 2.45) is 5.84 Å². The molecule has 3 N–H and O–H groups in total. The molecule has 2 rings (SSSR count). The number of likely N-dealkylation sites (N-methyl/N-ethyl adjacent to an activating group) is 1. The van der Waals surface area contributed by atoms with Crippen molar-refractivity contribution in [1.29, 1.82) is 0 Å². The molecule has 2 aromatic rings. The Morgan fingerprint density at radius 3 is 2.89 bits per heavy atom. The minimum atomic E-state index is 0.481. The van der Waals surface area contributed by atoms with Gasteiger partial charge in [0.1, 0.15) is 5.82 Å². The van der Waals surface area contributed by atoms with E-state index in [0.29, 0.717) is 11.9 Å². The molecule has 19 heavy (non-hydrogen) atoms. The summed E-state index contributed by atoms with van der Waals surface area (Å²) in [7, 11) is 2.13. The number of nitrogens with one attached hydrogen (secondary N) is 1. The van der Waals surface area contributed by atoms with Gasteiger partial charge in [0.25, 0.3) is 0 Å². The lowest BCUT2D eigenvalue weighted by molar-refractivity contribution is 0.246. The highest BCUT2D eigenvalue weighted by atomic mass is 32.1. The van der Waals surface area contributed by atoms with Crippen LogP contribution in [0.1, 0.15) is 17.5 Å². The number of nitrogen functional groups attached to an aromatic ring is 1. The third-order valence-corrected chi connectivity index (χ3v) is 4.09. The summed E-state index contributed by atoms with van der Waals surface area (Å²) in [4.78, 5) is 8.16. The number of thiophene rings is 1. The summed E-state index contributed by atoms with van der Waals surface area (Å²) < 4.78 is 0. The van der Waals surface area contributed by atoms with Crippen LogP contribution in [0.2, 0.25) is 0 Å². The monoisotopic (exact) mass is 276 g/mol. The van der Waals surface area contributed by atoms with Crippen molar-refractivity contribution in [3.8, 4) is 0 Å². The highest BCUT2D eigenvalue weighted by molar-refractivity contribution is 7.09. The van der Waals surface area contributed by atoms with Crippen LogP contribution >= 0.6 is 11.3 Å². The predicted molar refractivity (Wildman–Crippen MR) is 81.0 cm³/mol. The van der Waals surface area contributed by atoms with Gasteiger partial charge in [-0.25, -0.2) is 10.8 Å². The second-order valence-corrected chi connectivity index (χ2v) is 5.74. The minimum absolute atomic E-state index is 0.481. The Morgan fingerprint density at radius 2 is 2.21 bits per heavy atom. The maximum absolute atomic E-state index is 5.37. The molecule has 1 atom stereocenters. The zero-order chi connectivity index (χ0) is 13.7. The number of nitrogens with zero attached hydrogens (tertiary/aromatic N) is 2. The van der Waals surface area contributed by atoms with E-state index in [4.69, 9.17) is 5.84 Å². The average molecular weight is 276 g/mol. The topological polar surface area (TPSA) is 54.2 Å². The second kappa shape index (κ2) is 6.65. The van der Waals surface area contributed by atoms with Crippen LogP contribution in [0.4, 0.5) is 5.82 Å². The van der Waals surface area contributed by atoms with Gasteiger partial charge in [-0.3, -0.25) is 4.90 Å². The average Bonchev–Trinajstić information content (AvgIpc) is 2.91. The Kier molecular flexibility index (Phi) is 4.90. The number of nitrogens with two attached hydrogens (primary N) is 1. The lowest BCUT2D eigenvalue weighted by atomic mass is 10.2. The Morgan fingerprint density at radius 1 is 1.37 bits per heavy atom. The van der Waals surface area contributed by atoms with E-state index in [9.17, 15) is 0 Å². The van der Waals surface area contributed by atoms with Crippen molar-refractivity contribution in [1.82, 2.24) is 9.88 Å². The lowest BCUT2D eigenvalue weighted by Crippen LogP contribution is -2.30. The number of aromatic nitrogens is 1. The molecule has 0 aliphatic heterocycles. The molecule has 0 aliphatic rings. The van der Waals surface area contributed by atoms with Gasteiger partial charge in [-0.15, -0.1) is 11.3 Å². The smallest absolute Gasteiger partial charge is 0.140 e. The zero-order valence-electron chi connectivity index (χ0n) is 11.3. The molecule has 0 spiro atoms. The SMILES string of the molecule is CC(Cc1cccs1)N(C)Cc1cccc(NN)n1. The van der Waals surface area contributed by atoms with Crippen LogP contribution in [0.15, 0.2) is 35.7 Å². The molecule has 4 nitrogen and oxygen atoms in total. The largest absolute Gasteiger partial charge is 0.308 e. The maximum atomic E-state index is 5.37. The normalized spacial score (nSPS) is 12.6. The number of pyridine rings is 1. The molecule has 0 saturated heterocycles. The molecule has 0 amide bonds. The molecular formula is C14H20N4S. The van der Waals surface area contributed by atoms with Crippen molar-refractivity contribution in [3.05, 3.63) is 46.3 Å². The Bertz CT molecular complexity index is 498. The van der Waals surface area contributed by atoms with E-state index in [1.807, 2.05) is 29.5 Å². The number of hydrazine groups is 1. The third kappa shape index (κ3) is 4.02. The first-order valence-corrected chi connectivity index (χ1v) is 7.22. The number of rotatable bonds is 6. The first-order chi connectivity index (χ1) is 9.19. The molecule has 0 saturated carbocycles. The molecule has 5 heteroatoms. The van der Waals surface area contributed by atoms with E-state index >= 15 is 0 Å². The quantitative estimate of drug-likeness (QED) is 0.629. The van der Waals surface area contributed by atoms with Gasteiger partial charge in [-0.1, -0.05) is 12.1 Å². The highest BCUT2D eigenvalue weighted by Gasteiger charge is 2.11. The molecule has 2 aromatic heterocycles. The molecule has 0 bridgehead atoms. The molecular weight excluding hydrogens is 256 g/mol. The van der Waals surface area contributed by atoms with Crippen LogP contribution in [-0.2, 0) is 13.0 Å². The van der Waals surface area contributed by atoms with Crippen LogP contribution in [-0.4, -0.2) is 23.0 Å². The summed E-state index contributed by atoms with van der Waals surface area (Å²) >= 11 is 1.81. The van der Waals surface area contributed by atoms with Crippen molar-refractivity contribution in [3.63, 3.8) is 0 Å². The van der Waals surface area contributed by atoms with Gasteiger partial charge in [-0.2, -0.15) is 0 Å². The zero-order valence-corrected chi connectivity index (χ0v) is 12.2. The lowest BCUT2D eigenvalue weighted by Gasteiger charge is -2.24. The predicted octanol–water partition coefficient (Wildman–Crippen LogP) is 2.49. The van der Waals surface area contributed by atoms with Crippen molar-refractivity contribution >= 4 is 17.2 Å². The molecule has 0 fully saturated rings. The molecule has 0 radical (unpaired) electrons. The van der Waals surface area contributed by atoms with Gasteiger partial charge in [0.15, 0.2) is 0 Å². The van der Waals surface area contributed by atoms with E-state index in [0.717, 1.165) is 18.7 Å². The Balaban J connectivity index is 1.93. The summed E-state index contributed by atoms with van der Waals surface area (Å²) in [6, 6.07) is 10.6. The summed E-state index contributed by atoms with van der Waals surface area (Å²) in [6.07, 6.45) is 1.07. The fourth-order valence-electron chi connectivity index (χ4n) is 1.94. The van der Waals surface area contributed by atoms with Gasteiger partial charge in [0.2, 0.25) is 0 Å². The minimum Gasteiger partial charge on any atom is -0.308 e. The Hall–Kier alpha value is -1.43. The van der Waals surface area contributed by atoms with Crippen LogP contribution < -0.4 is 11.3 Å². The van der Waals surface area contributed by atoms with E-state index in [1.54, 1.807) is 0 Å². The summed E-state index contributed by atoms with van der Waals surface area (Å²) in [5.74, 6) is 6.08. The fraction of sp³-hybridized carbons (Fsp3) is 0.357. The standard InChI is InChI=1S/C14H20N4S/c1-11(9-13-6-4-8-19-13)18(2)10-12-5-3-7-14(16-12)17-15/h3-8,11H,9-10,15H2,1-2H3,(H,16,17). The highest BCUT2D eigenvalue weighted by Crippen LogP contribution is 2.15. The fourth-order valence-corrected chi connectivity index (χ4v) is 2.76. The van der Waals surface area contributed by atoms with Crippen LogP contribution in [0.3, 0.4) is 0 Å². The molecule has 1 unspecified atom stereocenters. The van der Waals surface area contributed by atoms with Gasteiger partial charge in [-0.05, 0) is 44.0 Å². The maximum Gasteiger partial charge on any atom is 0.140 e. The van der Waals surface area contributed by atoms with E-state index < -0.39 is 0 Å². The Labute approximate surface area is 118 Å². The van der Waals surface area contributed by atoms with E-state index in [2.05, 4.69) is 46.8 Å². The van der Waals surface area contributed by atoms with Crippen LogP contribution in [0.25, 0.3) is 0 Å². The van der Waals surface area contributed by atoms with Crippen molar-refractivity contribution in [2.75, 3.05) is 12.5 Å². The number of hydrogen-bond acceptors (Lipinski definition) is 5.